The van der Waals surface area contributed by atoms with Crippen molar-refractivity contribution in [3.05, 3.63) is 42.5 Å². The maximum absolute atomic E-state index is 12.1. The number of aromatic nitrogens is 2. The van der Waals surface area contributed by atoms with E-state index in [0.717, 1.165) is 18.7 Å². The molecule has 1 amide bonds. The number of benzene rings is 1. The minimum Gasteiger partial charge on any atom is -0.486 e. The van der Waals surface area contributed by atoms with Gasteiger partial charge in [-0.2, -0.15) is 0 Å². The van der Waals surface area contributed by atoms with E-state index < -0.39 is 5.60 Å². The molecule has 122 valence electrons. The van der Waals surface area contributed by atoms with Crippen molar-refractivity contribution in [2.45, 2.75) is 37.9 Å². The normalized spacial score (nSPS) is 16.3. The van der Waals surface area contributed by atoms with Crippen LogP contribution in [0.2, 0.25) is 0 Å². The van der Waals surface area contributed by atoms with Crippen LogP contribution in [0, 0.1) is 0 Å². The van der Waals surface area contributed by atoms with E-state index in [1.165, 1.54) is 0 Å². The molecule has 1 aliphatic rings. The number of aliphatic hydroxyl groups is 1. The lowest BCUT2D eigenvalue weighted by Gasteiger charge is -2.21. The fraction of sp³-hybridized carbons (Fsp3) is 0.412. The molecular formula is C17H21N3O3. The molecule has 0 saturated heterocycles. The summed E-state index contributed by atoms with van der Waals surface area (Å²) in [5.41, 5.74) is -0.562. The number of aryl methyl sites for hydroxylation is 1. The lowest BCUT2D eigenvalue weighted by Crippen LogP contribution is -2.40. The van der Waals surface area contributed by atoms with Gasteiger partial charge in [0.25, 0.3) is 5.91 Å². The van der Waals surface area contributed by atoms with Crippen molar-refractivity contribution in [1.82, 2.24) is 9.55 Å². The van der Waals surface area contributed by atoms with E-state index >= 15 is 0 Å². The third-order valence-corrected chi connectivity index (χ3v) is 4.25. The van der Waals surface area contributed by atoms with Crippen LogP contribution in [0.3, 0.4) is 0 Å². The molecule has 0 atom stereocenters. The first-order valence-corrected chi connectivity index (χ1v) is 7.80. The number of carbonyl (C=O) groups excluding carboxylic acids is 1. The average Bonchev–Trinajstić information content (AvgIpc) is 3.16. The van der Waals surface area contributed by atoms with Gasteiger partial charge in [0.1, 0.15) is 23.8 Å². The molecule has 2 aromatic rings. The first kappa shape index (κ1) is 15.6. The Morgan fingerprint density at radius 2 is 2.04 bits per heavy atom. The van der Waals surface area contributed by atoms with Crippen LogP contribution in [0.15, 0.2) is 36.7 Å². The van der Waals surface area contributed by atoms with Crippen LogP contribution >= 0.6 is 0 Å². The zero-order valence-corrected chi connectivity index (χ0v) is 13.2. The molecule has 0 radical (unpaired) electrons. The van der Waals surface area contributed by atoms with E-state index in [9.17, 15) is 9.90 Å². The van der Waals surface area contributed by atoms with Gasteiger partial charge in [0.15, 0.2) is 0 Å². The Bertz CT molecular complexity index is 673. The number of rotatable bonds is 5. The smallest absolute Gasteiger partial charge is 0.256 e. The van der Waals surface area contributed by atoms with E-state index in [-0.39, 0.29) is 5.91 Å². The van der Waals surface area contributed by atoms with E-state index in [0.29, 0.717) is 30.9 Å². The van der Waals surface area contributed by atoms with Crippen LogP contribution in [0.25, 0.3) is 0 Å². The Labute approximate surface area is 135 Å². The Balaban J connectivity index is 1.56. The van der Waals surface area contributed by atoms with Crippen molar-refractivity contribution < 1.29 is 14.6 Å². The number of anilines is 1. The zero-order chi connectivity index (χ0) is 16.3. The second-order valence-corrected chi connectivity index (χ2v) is 5.96. The van der Waals surface area contributed by atoms with E-state index in [1.807, 2.05) is 17.8 Å². The molecule has 1 saturated carbocycles. The summed E-state index contributed by atoms with van der Waals surface area (Å²) in [6.45, 7) is 0.384. The molecule has 0 spiro atoms. The first-order chi connectivity index (χ1) is 11.1. The van der Waals surface area contributed by atoms with E-state index in [2.05, 4.69) is 10.3 Å². The summed E-state index contributed by atoms with van der Waals surface area (Å²) in [6, 6.07) is 7.11. The lowest BCUT2D eigenvalue weighted by molar-refractivity contribution is -0.133. The molecule has 1 aromatic carbocycles. The molecule has 0 unspecified atom stereocenters. The number of carbonyl (C=O) groups is 1. The van der Waals surface area contributed by atoms with Crippen molar-refractivity contribution >= 4 is 11.6 Å². The highest BCUT2D eigenvalue weighted by Crippen LogP contribution is 2.30. The Hall–Kier alpha value is -2.34. The Morgan fingerprint density at radius 3 is 2.65 bits per heavy atom. The highest BCUT2D eigenvalue weighted by Gasteiger charge is 2.38. The fourth-order valence-electron chi connectivity index (χ4n) is 2.75. The molecule has 6 heteroatoms. The van der Waals surface area contributed by atoms with Gasteiger partial charge >= 0.3 is 0 Å². The van der Waals surface area contributed by atoms with Crippen LogP contribution in [0.1, 0.15) is 31.5 Å². The standard InChI is InChI=1S/C17H21N3O3/c1-20-11-10-18-15(20)12-23-14-6-4-13(5-7-14)19-16(21)17(22)8-2-3-9-17/h4-7,10-11,22H,2-3,8-9,12H2,1H3,(H,19,21). The van der Waals surface area contributed by atoms with Crippen LogP contribution in [-0.2, 0) is 18.4 Å². The van der Waals surface area contributed by atoms with Crippen molar-refractivity contribution in [2.75, 3.05) is 5.32 Å². The fourth-order valence-corrected chi connectivity index (χ4v) is 2.75. The molecule has 23 heavy (non-hydrogen) atoms. The first-order valence-electron chi connectivity index (χ1n) is 7.80. The maximum Gasteiger partial charge on any atom is 0.256 e. The van der Waals surface area contributed by atoms with Crippen LogP contribution in [-0.4, -0.2) is 26.2 Å². The molecule has 6 nitrogen and oxygen atoms in total. The van der Waals surface area contributed by atoms with Crippen molar-refractivity contribution in [3.63, 3.8) is 0 Å². The predicted molar refractivity (Wildman–Crippen MR) is 86.0 cm³/mol. The highest BCUT2D eigenvalue weighted by molar-refractivity contribution is 5.97. The Morgan fingerprint density at radius 1 is 1.35 bits per heavy atom. The summed E-state index contributed by atoms with van der Waals surface area (Å²) in [5, 5.41) is 13.0. The van der Waals surface area contributed by atoms with Crippen LogP contribution in [0.5, 0.6) is 5.75 Å². The number of hydrogen-bond donors (Lipinski definition) is 2. The number of ether oxygens (including phenoxy) is 1. The predicted octanol–water partition coefficient (Wildman–Crippen LogP) is 2.24. The highest BCUT2D eigenvalue weighted by atomic mass is 16.5. The van der Waals surface area contributed by atoms with E-state index in [4.69, 9.17) is 4.74 Å². The third-order valence-electron chi connectivity index (χ3n) is 4.25. The van der Waals surface area contributed by atoms with Gasteiger partial charge in [0.2, 0.25) is 0 Å². The van der Waals surface area contributed by atoms with Gasteiger partial charge < -0.3 is 19.7 Å². The molecule has 0 aliphatic heterocycles. The van der Waals surface area contributed by atoms with Crippen molar-refractivity contribution in [3.8, 4) is 5.75 Å². The molecule has 0 bridgehead atoms. The average molecular weight is 315 g/mol. The molecular weight excluding hydrogens is 294 g/mol. The second kappa shape index (κ2) is 6.42. The van der Waals surface area contributed by atoms with Gasteiger partial charge in [-0.15, -0.1) is 0 Å². The molecule has 1 heterocycles. The lowest BCUT2D eigenvalue weighted by atomic mass is 10.0. The monoisotopic (exact) mass is 315 g/mol. The summed E-state index contributed by atoms with van der Waals surface area (Å²) in [6.07, 6.45) is 6.44. The third kappa shape index (κ3) is 3.53. The topological polar surface area (TPSA) is 76.4 Å². The van der Waals surface area contributed by atoms with Gasteiger partial charge in [-0.05, 0) is 49.9 Å². The number of nitrogens with one attached hydrogen (secondary N) is 1. The zero-order valence-electron chi connectivity index (χ0n) is 13.2. The molecule has 1 aliphatic carbocycles. The minimum absolute atomic E-state index is 0.323. The summed E-state index contributed by atoms with van der Waals surface area (Å²) in [4.78, 5) is 16.3. The number of amides is 1. The molecule has 2 N–H and O–H groups in total. The van der Waals surface area contributed by atoms with Gasteiger partial charge in [-0.25, -0.2) is 4.98 Å². The van der Waals surface area contributed by atoms with Crippen molar-refractivity contribution in [2.24, 2.45) is 7.05 Å². The van der Waals surface area contributed by atoms with E-state index in [1.54, 1.807) is 30.5 Å². The number of imidazole rings is 1. The van der Waals surface area contributed by atoms with Gasteiger partial charge in [0.05, 0.1) is 0 Å². The van der Waals surface area contributed by atoms with Crippen LogP contribution in [0.4, 0.5) is 5.69 Å². The molecule has 3 rings (SSSR count). The number of nitrogens with zero attached hydrogens (tertiary/aromatic N) is 2. The SMILES string of the molecule is Cn1ccnc1COc1ccc(NC(=O)C2(O)CCCC2)cc1. The largest absolute Gasteiger partial charge is 0.486 e. The summed E-state index contributed by atoms with van der Waals surface area (Å²) in [7, 11) is 1.91. The molecule has 1 aromatic heterocycles. The Kier molecular flexibility index (Phi) is 4.34. The van der Waals surface area contributed by atoms with Crippen molar-refractivity contribution in [1.29, 1.82) is 0 Å². The van der Waals surface area contributed by atoms with Gasteiger partial charge in [0, 0.05) is 25.1 Å². The summed E-state index contributed by atoms with van der Waals surface area (Å²) >= 11 is 0. The summed E-state index contributed by atoms with van der Waals surface area (Å²) in [5.74, 6) is 1.22. The van der Waals surface area contributed by atoms with Gasteiger partial charge in [-0.1, -0.05) is 0 Å². The van der Waals surface area contributed by atoms with Crippen LogP contribution < -0.4 is 10.1 Å². The minimum atomic E-state index is -1.21. The quantitative estimate of drug-likeness (QED) is 0.887. The maximum atomic E-state index is 12.1. The molecule has 1 fully saturated rings. The second-order valence-electron chi connectivity index (χ2n) is 5.96. The van der Waals surface area contributed by atoms with Gasteiger partial charge in [-0.3, -0.25) is 4.79 Å². The summed E-state index contributed by atoms with van der Waals surface area (Å²) < 4.78 is 7.57. The number of hydrogen-bond acceptors (Lipinski definition) is 4.